The summed E-state index contributed by atoms with van der Waals surface area (Å²) < 4.78 is 14.8. The zero-order valence-electron chi connectivity index (χ0n) is 12.5. The van der Waals surface area contributed by atoms with E-state index in [1.54, 1.807) is 6.07 Å². The minimum absolute atomic E-state index is 0.106. The lowest BCUT2D eigenvalue weighted by Crippen LogP contribution is -2.18. The SMILES string of the molecule is CC(C)n1c(=O)[nH]c2c(C(N)=O)nc(-c3cccc(F)c3)nc21. The van der Waals surface area contributed by atoms with E-state index >= 15 is 0 Å². The third kappa shape index (κ3) is 2.48. The van der Waals surface area contributed by atoms with E-state index in [1.807, 2.05) is 13.8 Å². The molecule has 8 heteroatoms. The largest absolute Gasteiger partial charge is 0.364 e. The van der Waals surface area contributed by atoms with E-state index in [4.69, 9.17) is 5.73 Å². The normalized spacial score (nSPS) is 11.3. The Morgan fingerprint density at radius 2 is 2.09 bits per heavy atom. The molecule has 7 nitrogen and oxygen atoms in total. The first kappa shape index (κ1) is 14.9. The van der Waals surface area contributed by atoms with Gasteiger partial charge in [0.15, 0.2) is 17.2 Å². The van der Waals surface area contributed by atoms with Gasteiger partial charge in [-0.1, -0.05) is 12.1 Å². The average Bonchev–Trinajstić information content (AvgIpc) is 2.81. The van der Waals surface area contributed by atoms with Gasteiger partial charge in [-0.15, -0.1) is 0 Å². The van der Waals surface area contributed by atoms with Crippen LogP contribution in [0, 0.1) is 5.82 Å². The van der Waals surface area contributed by atoms with Gasteiger partial charge in [-0.25, -0.2) is 19.2 Å². The summed E-state index contributed by atoms with van der Waals surface area (Å²) in [5, 5.41) is 0. The van der Waals surface area contributed by atoms with Crippen LogP contribution in [0.2, 0.25) is 0 Å². The molecule has 3 aromatic rings. The molecule has 0 unspecified atom stereocenters. The molecule has 3 rings (SSSR count). The van der Waals surface area contributed by atoms with Crippen LogP contribution >= 0.6 is 0 Å². The molecule has 23 heavy (non-hydrogen) atoms. The highest BCUT2D eigenvalue weighted by Crippen LogP contribution is 2.22. The van der Waals surface area contributed by atoms with Gasteiger partial charge < -0.3 is 10.7 Å². The monoisotopic (exact) mass is 315 g/mol. The summed E-state index contributed by atoms with van der Waals surface area (Å²) in [5.74, 6) is -1.13. The molecule has 0 saturated carbocycles. The van der Waals surface area contributed by atoms with Crippen molar-refractivity contribution in [2.24, 2.45) is 5.73 Å². The molecule has 2 aromatic heterocycles. The fraction of sp³-hybridized carbons (Fsp3) is 0.200. The van der Waals surface area contributed by atoms with Crippen LogP contribution in [-0.4, -0.2) is 25.4 Å². The predicted octanol–water partition coefficient (Wildman–Crippen LogP) is 1.61. The number of hydrogen-bond acceptors (Lipinski definition) is 4. The van der Waals surface area contributed by atoms with Crippen LogP contribution in [-0.2, 0) is 0 Å². The summed E-state index contributed by atoms with van der Waals surface area (Å²) in [7, 11) is 0. The number of nitrogens with zero attached hydrogens (tertiary/aromatic N) is 3. The second kappa shape index (κ2) is 5.31. The highest BCUT2D eigenvalue weighted by atomic mass is 19.1. The molecule has 0 bridgehead atoms. The molecular weight excluding hydrogens is 301 g/mol. The number of hydrogen-bond donors (Lipinski definition) is 2. The molecule has 0 aliphatic rings. The first-order chi connectivity index (χ1) is 10.9. The average molecular weight is 315 g/mol. The summed E-state index contributed by atoms with van der Waals surface area (Å²) in [6.07, 6.45) is 0. The number of aromatic amines is 1. The van der Waals surface area contributed by atoms with Gasteiger partial charge in [0, 0.05) is 11.6 Å². The van der Waals surface area contributed by atoms with Gasteiger partial charge in [0.1, 0.15) is 11.3 Å². The Labute approximate surface area is 130 Å². The van der Waals surface area contributed by atoms with Gasteiger partial charge in [0.2, 0.25) is 0 Å². The summed E-state index contributed by atoms with van der Waals surface area (Å²) in [6, 6.07) is 5.47. The standard InChI is InChI=1S/C15H14FN5O2/c1-7(2)21-14-11(19-15(21)23)10(12(17)22)18-13(20-14)8-4-3-5-9(16)6-8/h3-7H,1-2H3,(H2,17,22)(H,19,23). The lowest BCUT2D eigenvalue weighted by atomic mass is 10.2. The van der Waals surface area contributed by atoms with E-state index in [0.29, 0.717) is 5.56 Å². The summed E-state index contributed by atoms with van der Waals surface area (Å²) in [4.78, 5) is 34.7. The first-order valence-electron chi connectivity index (χ1n) is 6.96. The van der Waals surface area contributed by atoms with Crippen molar-refractivity contribution in [2.45, 2.75) is 19.9 Å². The number of nitrogens with one attached hydrogen (secondary N) is 1. The molecule has 1 aromatic carbocycles. The topological polar surface area (TPSA) is 107 Å². The third-order valence-corrected chi connectivity index (χ3v) is 3.40. The van der Waals surface area contributed by atoms with Gasteiger partial charge in [-0.3, -0.25) is 9.36 Å². The minimum Gasteiger partial charge on any atom is -0.364 e. The van der Waals surface area contributed by atoms with E-state index in [-0.39, 0.29) is 28.7 Å². The lowest BCUT2D eigenvalue weighted by molar-refractivity contribution is 0.0997. The molecule has 1 amide bonds. The fourth-order valence-electron chi connectivity index (χ4n) is 2.42. The van der Waals surface area contributed by atoms with Crippen molar-refractivity contribution in [3.05, 3.63) is 46.3 Å². The molecule has 0 spiro atoms. The van der Waals surface area contributed by atoms with E-state index in [0.717, 1.165) is 0 Å². The molecule has 118 valence electrons. The van der Waals surface area contributed by atoms with E-state index in [2.05, 4.69) is 15.0 Å². The number of fused-ring (bicyclic) bond motifs is 1. The Morgan fingerprint density at radius 3 is 2.70 bits per heavy atom. The highest BCUT2D eigenvalue weighted by molar-refractivity contribution is 6.01. The Hall–Kier alpha value is -3.03. The number of benzene rings is 1. The second-order valence-electron chi connectivity index (χ2n) is 5.36. The summed E-state index contributed by atoms with van der Waals surface area (Å²) in [6.45, 7) is 3.62. The van der Waals surface area contributed by atoms with Gasteiger partial charge in [-0.05, 0) is 26.0 Å². The van der Waals surface area contributed by atoms with Crippen LogP contribution in [0.3, 0.4) is 0 Å². The predicted molar refractivity (Wildman–Crippen MR) is 82.4 cm³/mol. The number of halogens is 1. The van der Waals surface area contributed by atoms with Gasteiger partial charge in [0.25, 0.3) is 5.91 Å². The van der Waals surface area contributed by atoms with Crippen molar-refractivity contribution in [1.82, 2.24) is 19.5 Å². The van der Waals surface area contributed by atoms with Gasteiger partial charge >= 0.3 is 5.69 Å². The molecular formula is C15H14FN5O2. The van der Waals surface area contributed by atoms with Crippen LogP contribution in [0.1, 0.15) is 30.4 Å². The third-order valence-electron chi connectivity index (χ3n) is 3.40. The molecule has 3 N–H and O–H groups in total. The number of carbonyl (C=O) groups is 1. The van der Waals surface area contributed by atoms with Gasteiger partial charge in [-0.2, -0.15) is 0 Å². The number of nitrogens with two attached hydrogens (primary N) is 1. The van der Waals surface area contributed by atoms with Crippen molar-refractivity contribution in [2.75, 3.05) is 0 Å². The first-order valence-corrected chi connectivity index (χ1v) is 6.96. The Balaban J connectivity index is 2.39. The van der Waals surface area contributed by atoms with Crippen LogP contribution in [0.25, 0.3) is 22.6 Å². The van der Waals surface area contributed by atoms with Crippen molar-refractivity contribution < 1.29 is 9.18 Å². The minimum atomic E-state index is -0.799. The number of amides is 1. The molecule has 0 radical (unpaired) electrons. The van der Waals surface area contributed by atoms with Crippen LogP contribution in [0.15, 0.2) is 29.1 Å². The van der Waals surface area contributed by atoms with E-state index in [1.165, 1.54) is 22.8 Å². The zero-order chi connectivity index (χ0) is 16.7. The zero-order valence-corrected chi connectivity index (χ0v) is 12.5. The number of rotatable bonds is 3. The molecule has 0 aliphatic heterocycles. The molecule has 0 saturated heterocycles. The summed E-state index contributed by atoms with van der Waals surface area (Å²) in [5.41, 5.74) is 5.66. The number of carbonyl (C=O) groups excluding carboxylic acids is 1. The lowest BCUT2D eigenvalue weighted by Gasteiger charge is -2.08. The van der Waals surface area contributed by atoms with Gasteiger partial charge in [0.05, 0.1) is 0 Å². The van der Waals surface area contributed by atoms with Crippen molar-refractivity contribution in [1.29, 1.82) is 0 Å². The Morgan fingerprint density at radius 1 is 1.35 bits per heavy atom. The van der Waals surface area contributed by atoms with Crippen LogP contribution in [0.5, 0.6) is 0 Å². The van der Waals surface area contributed by atoms with Crippen molar-refractivity contribution in [3.8, 4) is 11.4 Å². The van der Waals surface area contributed by atoms with Crippen molar-refractivity contribution in [3.63, 3.8) is 0 Å². The molecule has 2 heterocycles. The molecule has 0 aliphatic carbocycles. The molecule has 0 fully saturated rings. The maximum absolute atomic E-state index is 13.4. The van der Waals surface area contributed by atoms with Crippen molar-refractivity contribution >= 4 is 17.1 Å². The second-order valence-corrected chi connectivity index (χ2v) is 5.36. The number of imidazole rings is 1. The van der Waals surface area contributed by atoms with E-state index in [9.17, 15) is 14.0 Å². The number of H-pyrrole nitrogens is 1. The molecule has 0 atom stereocenters. The van der Waals surface area contributed by atoms with Crippen LogP contribution < -0.4 is 11.4 Å². The van der Waals surface area contributed by atoms with Crippen LogP contribution in [0.4, 0.5) is 4.39 Å². The Bertz CT molecular complexity index is 974. The van der Waals surface area contributed by atoms with E-state index < -0.39 is 17.4 Å². The number of aromatic nitrogens is 4. The Kier molecular flexibility index (Phi) is 3.44. The fourth-order valence-corrected chi connectivity index (χ4v) is 2.42. The maximum atomic E-state index is 13.4. The quantitative estimate of drug-likeness (QED) is 0.765. The maximum Gasteiger partial charge on any atom is 0.327 e. The number of primary amides is 1. The summed E-state index contributed by atoms with van der Waals surface area (Å²) >= 11 is 0. The highest BCUT2D eigenvalue weighted by Gasteiger charge is 2.20. The smallest absolute Gasteiger partial charge is 0.327 e.